The maximum atomic E-state index is 12.4. The molecule has 3 aromatic rings. The molecule has 0 atom stereocenters. The number of benzene rings is 3. The normalized spacial score (nSPS) is 14.3. The van der Waals surface area contributed by atoms with Crippen LogP contribution in [0.3, 0.4) is 0 Å². The van der Waals surface area contributed by atoms with E-state index in [1.165, 1.54) is 34.5 Å². The molecule has 3 aromatic carbocycles. The lowest BCUT2D eigenvalue weighted by Crippen LogP contribution is -2.43. The van der Waals surface area contributed by atoms with Gasteiger partial charge in [0.05, 0.1) is 22.7 Å². The first kappa shape index (κ1) is 26.8. The van der Waals surface area contributed by atoms with E-state index >= 15 is 0 Å². The lowest BCUT2D eigenvalue weighted by Gasteiger charge is -2.20. The van der Waals surface area contributed by atoms with Crippen LogP contribution < -0.4 is 42.7 Å². The zero-order valence-electron chi connectivity index (χ0n) is 21.0. The van der Waals surface area contributed by atoms with Crippen molar-refractivity contribution >= 4 is 70.1 Å². The monoisotopic (exact) mass is 584 g/mol. The van der Waals surface area contributed by atoms with Crippen LogP contribution in [0.4, 0.5) is 32.3 Å². The van der Waals surface area contributed by atoms with Gasteiger partial charge in [-0.15, -0.1) is 0 Å². The number of hydrogen-bond donors (Lipinski definition) is 4. The maximum Gasteiger partial charge on any atom is 0.345 e. The number of hydrogen-bond acceptors (Lipinski definition) is 10. The molecule has 16 heteroatoms. The SMILES string of the molecule is Cc1c(Cl)cccc1N1N=C(N(C(N)=O)c2ccc(N(C(N)=O)C3=NN(c4cccc(Cl)c4C)NO3)cc2)ON1. The number of carbonyl (C=O) groups excluding carboxylic acids is 2. The first-order valence-electron chi connectivity index (χ1n) is 11.6. The number of amides is 4. The van der Waals surface area contributed by atoms with Crippen molar-refractivity contribution in [3.05, 3.63) is 81.8 Å². The second kappa shape index (κ2) is 10.8. The van der Waals surface area contributed by atoms with Crippen molar-refractivity contribution in [1.82, 2.24) is 11.2 Å². The van der Waals surface area contributed by atoms with Crippen molar-refractivity contribution in [1.29, 1.82) is 0 Å². The number of nitrogens with two attached hydrogens (primary N) is 2. The van der Waals surface area contributed by atoms with Crippen molar-refractivity contribution in [3.8, 4) is 0 Å². The number of halogens is 2. The van der Waals surface area contributed by atoms with Crippen LogP contribution in [0.5, 0.6) is 0 Å². The highest BCUT2D eigenvalue weighted by molar-refractivity contribution is 6.32. The van der Waals surface area contributed by atoms with Crippen LogP contribution in [0.25, 0.3) is 0 Å². The third-order valence-electron chi connectivity index (χ3n) is 5.94. The maximum absolute atomic E-state index is 12.4. The van der Waals surface area contributed by atoms with Gasteiger partial charge in [-0.05, 0) is 84.7 Å². The fourth-order valence-corrected chi connectivity index (χ4v) is 4.21. The van der Waals surface area contributed by atoms with Gasteiger partial charge >= 0.3 is 24.1 Å². The topological polar surface area (TPSA) is 166 Å². The molecule has 0 saturated heterocycles. The number of urea groups is 2. The van der Waals surface area contributed by atoms with Crippen LogP contribution in [-0.4, -0.2) is 24.1 Å². The Morgan fingerprint density at radius 3 is 1.45 bits per heavy atom. The van der Waals surface area contributed by atoms with E-state index in [2.05, 4.69) is 21.4 Å². The summed E-state index contributed by atoms with van der Waals surface area (Å²) < 4.78 is 0. The van der Waals surface area contributed by atoms with Gasteiger partial charge in [-0.2, -0.15) is 10.2 Å². The molecule has 4 amide bonds. The number of hydrazine groups is 2. The van der Waals surface area contributed by atoms with Crippen molar-refractivity contribution in [2.45, 2.75) is 13.8 Å². The Kier molecular flexibility index (Phi) is 7.23. The standard InChI is InChI=1S/C24H22Cl2N10O4/c1-13-17(25)5-3-7-19(13)35-29-23(39-31-35)33(21(27)37)15-9-11-16(12-10-15)34(22(28)38)24-30-36(32-40-24)20-8-4-6-18(26)14(20)2/h3-12,31-32H,1-2H3,(H2,27,37)(H2,28,38). The second-order valence-electron chi connectivity index (χ2n) is 8.41. The molecule has 6 N–H and O–H groups in total. The Labute approximate surface area is 237 Å². The zero-order valence-corrected chi connectivity index (χ0v) is 22.5. The molecule has 0 spiro atoms. The van der Waals surface area contributed by atoms with Gasteiger partial charge in [0, 0.05) is 10.0 Å². The van der Waals surface area contributed by atoms with Crippen molar-refractivity contribution in [3.63, 3.8) is 0 Å². The molecule has 0 fully saturated rings. The minimum atomic E-state index is -0.870. The molecular weight excluding hydrogens is 563 g/mol. The van der Waals surface area contributed by atoms with Gasteiger partial charge in [0.2, 0.25) is 0 Å². The summed E-state index contributed by atoms with van der Waals surface area (Å²) in [6, 6.07) is 14.5. The molecule has 0 aromatic heterocycles. The quantitative estimate of drug-likeness (QED) is 0.359. The molecule has 0 aliphatic carbocycles. The van der Waals surface area contributed by atoms with E-state index in [9.17, 15) is 9.59 Å². The van der Waals surface area contributed by atoms with Crippen LogP contribution in [0, 0.1) is 13.8 Å². The number of hydrazone groups is 2. The van der Waals surface area contributed by atoms with E-state index < -0.39 is 12.1 Å². The number of nitrogens with zero attached hydrogens (tertiary/aromatic N) is 6. The molecule has 206 valence electrons. The predicted octanol–water partition coefficient (Wildman–Crippen LogP) is 3.84. The molecule has 0 bridgehead atoms. The molecular formula is C24H22Cl2N10O4. The minimum absolute atomic E-state index is 0.147. The summed E-state index contributed by atoms with van der Waals surface area (Å²) in [5.41, 5.74) is 19.7. The van der Waals surface area contributed by atoms with Crippen molar-refractivity contribution in [2.75, 3.05) is 20.0 Å². The Morgan fingerprint density at radius 2 is 1.10 bits per heavy atom. The highest BCUT2D eigenvalue weighted by Gasteiger charge is 2.31. The smallest absolute Gasteiger partial charge is 0.345 e. The van der Waals surface area contributed by atoms with E-state index in [1.807, 2.05) is 13.8 Å². The summed E-state index contributed by atoms with van der Waals surface area (Å²) in [5, 5.41) is 12.3. The molecule has 40 heavy (non-hydrogen) atoms. The second-order valence-corrected chi connectivity index (χ2v) is 9.22. The van der Waals surface area contributed by atoms with Gasteiger partial charge in [-0.25, -0.2) is 19.4 Å². The average molecular weight is 585 g/mol. The van der Waals surface area contributed by atoms with Gasteiger partial charge in [0.25, 0.3) is 0 Å². The molecule has 2 aliphatic rings. The summed E-state index contributed by atoms with van der Waals surface area (Å²) in [7, 11) is 0. The number of carbonyl (C=O) groups is 2. The lowest BCUT2D eigenvalue weighted by atomic mass is 10.2. The third kappa shape index (κ3) is 4.99. The number of anilines is 4. The van der Waals surface area contributed by atoms with E-state index in [1.54, 1.807) is 36.4 Å². The lowest BCUT2D eigenvalue weighted by molar-refractivity contribution is 0.196. The molecule has 5 rings (SSSR count). The summed E-state index contributed by atoms with van der Waals surface area (Å²) in [6.45, 7) is 3.62. The van der Waals surface area contributed by atoms with Gasteiger partial charge in [-0.3, -0.25) is 0 Å². The largest absolute Gasteiger partial charge is 0.351 e. The molecule has 0 unspecified atom stereocenters. The summed E-state index contributed by atoms with van der Waals surface area (Å²) in [5.74, 6) is 0. The molecule has 0 radical (unpaired) electrons. The fourth-order valence-electron chi connectivity index (χ4n) is 3.87. The van der Waals surface area contributed by atoms with Crippen LogP contribution in [0.2, 0.25) is 10.0 Å². The summed E-state index contributed by atoms with van der Waals surface area (Å²) in [6.07, 6.45) is 0. The number of primary amides is 2. The van der Waals surface area contributed by atoms with Gasteiger partial charge < -0.3 is 21.1 Å². The van der Waals surface area contributed by atoms with Crippen molar-refractivity contribution < 1.29 is 19.3 Å². The molecule has 2 heterocycles. The van der Waals surface area contributed by atoms with Crippen molar-refractivity contribution in [2.24, 2.45) is 21.7 Å². The highest BCUT2D eigenvalue weighted by atomic mass is 35.5. The molecule has 0 saturated carbocycles. The van der Waals surface area contributed by atoms with Gasteiger partial charge in [0.15, 0.2) is 0 Å². The highest BCUT2D eigenvalue weighted by Crippen LogP contribution is 2.30. The fraction of sp³-hybridized carbons (Fsp3) is 0.0833. The molecule has 14 nitrogen and oxygen atoms in total. The Morgan fingerprint density at radius 1 is 0.725 bits per heavy atom. The van der Waals surface area contributed by atoms with E-state index in [0.717, 1.165) is 20.9 Å². The van der Waals surface area contributed by atoms with Gasteiger partial charge in [0.1, 0.15) is 0 Å². The van der Waals surface area contributed by atoms with Crippen LogP contribution >= 0.6 is 23.2 Å². The van der Waals surface area contributed by atoms with Crippen LogP contribution in [0.1, 0.15) is 11.1 Å². The number of amidine groups is 2. The average Bonchev–Trinajstić information content (AvgIpc) is 3.59. The first-order chi connectivity index (χ1) is 19.2. The Balaban J connectivity index is 1.40. The first-order valence-corrected chi connectivity index (χ1v) is 12.3. The minimum Gasteiger partial charge on any atom is -0.351 e. The van der Waals surface area contributed by atoms with E-state index in [0.29, 0.717) is 21.4 Å². The zero-order chi connectivity index (χ0) is 28.6. The summed E-state index contributed by atoms with van der Waals surface area (Å²) >= 11 is 12.4. The predicted molar refractivity (Wildman–Crippen MR) is 151 cm³/mol. The number of nitrogens with one attached hydrogen (secondary N) is 2. The summed E-state index contributed by atoms with van der Waals surface area (Å²) in [4.78, 5) is 37.7. The molecule has 2 aliphatic heterocycles. The van der Waals surface area contributed by atoms with E-state index in [-0.39, 0.29) is 23.4 Å². The van der Waals surface area contributed by atoms with Crippen LogP contribution in [0.15, 0.2) is 70.9 Å². The Hall–Kier alpha value is -4.76. The third-order valence-corrected chi connectivity index (χ3v) is 6.76. The number of rotatable bonds is 4. The van der Waals surface area contributed by atoms with Crippen LogP contribution in [-0.2, 0) is 9.68 Å². The van der Waals surface area contributed by atoms with E-state index in [4.69, 9.17) is 44.3 Å². The van der Waals surface area contributed by atoms with Gasteiger partial charge in [-0.1, -0.05) is 45.5 Å². The Bertz CT molecular complexity index is 1430.